The average molecular weight is 251 g/mol. The highest BCUT2D eigenvalue weighted by Crippen LogP contribution is 2.04. The van der Waals surface area contributed by atoms with Gasteiger partial charge in [0, 0.05) is 6.42 Å². The molecule has 1 atom stereocenters. The Morgan fingerprint density at radius 3 is 2.50 bits per heavy atom. The molecule has 0 aromatic heterocycles. The van der Waals surface area contributed by atoms with Crippen molar-refractivity contribution < 1.29 is 19.8 Å². The monoisotopic (exact) mass is 251 g/mol. The lowest BCUT2D eigenvalue weighted by atomic mass is 10.1. The summed E-state index contributed by atoms with van der Waals surface area (Å²) in [5, 5.41) is 19.8. The van der Waals surface area contributed by atoms with Crippen LogP contribution in [0.4, 0.5) is 0 Å². The summed E-state index contributed by atoms with van der Waals surface area (Å²) in [6, 6.07) is 9.80. The number of carboxylic acids is 1. The minimum atomic E-state index is -1.54. The summed E-state index contributed by atoms with van der Waals surface area (Å²) in [5.41, 5.74) is 1.16. The Morgan fingerprint density at radius 1 is 1.22 bits per heavy atom. The van der Waals surface area contributed by atoms with Crippen LogP contribution >= 0.6 is 0 Å². The van der Waals surface area contributed by atoms with Gasteiger partial charge in [0.25, 0.3) is 0 Å². The van der Waals surface area contributed by atoms with Gasteiger partial charge in [0.15, 0.2) is 6.10 Å². The maximum absolute atomic E-state index is 11.3. The van der Waals surface area contributed by atoms with Crippen LogP contribution in [0.2, 0.25) is 0 Å². The molecule has 0 aliphatic heterocycles. The van der Waals surface area contributed by atoms with Crippen molar-refractivity contribution in [3.05, 3.63) is 35.9 Å². The molecule has 18 heavy (non-hydrogen) atoms. The number of aryl methyl sites for hydroxylation is 1. The summed E-state index contributed by atoms with van der Waals surface area (Å²) < 4.78 is 0. The van der Waals surface area contributed by atoms with Gasteiger partial charge in [0.2, 0.25) is 5.91 Å². The SMILES string of the molecule is O=C(CCCc1ccccc1)NC[C@H](O)C(=O)O. The summed E-state index contributed by atoms with van der Waals surface area (Å²) >= 11 is 0. The van der Waals surface area contributed by atoms with Crippen molar-refractivity contribution >= 4 is 11.9 Å². The molecule has 1 rings (SSSR count). The van der Waals surface area contributed by atoms with Crippen molar-refractivity contribution in [3.8, 4) is 0 Å². The number of benzene rings is 1. The van der Waals surface area contributed by atoms with E-state index in [1.165, 1.54) is 0 Å². The van der Waals surface area contributed by atoms with Crippen molar-refractivity contribution in [3.63, 3.8) is 0 Å². The zero-order valence-electron chi connectivity index (χ0n) is 10.0. The van der Waals surface area contributed by atoms with Crippen molar-refractivity contribution in [1.29, 1.82) is 0 Å². The van der Waals surface area contributed by atoms with Crippen LogP contribution in [0, 0.1) is 0 Å². The van der Waals surface area contributed by atoms with E-state index < -0.39 is 12.1 Å². The molecule has 5 heteroatoms. The van der Waals surface area contributed by atoms with Crippen LogP contribution in [0.3, 0.4) is 0 Å². The van der Waals surface area contributed by atoms with Crippen LogP contribution in [0.1, 0.15) is 18.4 Å². The van der Waals surface area contributed by atoms with Gasteiger partial charge in [0.1, 0.15) is 0 Å². The van der Waals surface area contributed by atoms with Crippen molar-refractivity contribution in [1.82, 2.24) is 5.32 Å². The number of carbonyl (C=O) groups excluding carboxylic acids is 1. The maximum atomic E-state index is 11.3. The molecule has 5 nitrogen and oxygen atoms in total. The highest BCUT2D eigenvalue weighted by molar-refractivity contribution is 5.77. The number of carboxylic acid groups (broad SMARTS) is 1. The first kappa shape index (κ1) is 14.2. The number of rotatable bonds is 7. The van der Waals surface area contributed by atoms with E-state index in [0.29, 0.717) is 12.8 Å². The van der Waals surface area contributed by atoms with Gasteiger partial charge in [-0.1, -0.05) is 30.3 Å². The summed E-state index contributed by atoms with van der Waals surface area (Å²) in [6.45, 7) is -0.250. The summed E-state index contributed by atoms with van der Waals surface area (Å²) in [5.74, 6) is -1.58. The quantitative estimate of drug-likeness (QED) is 0.661. The summed E-state index contributed by atoms with van der Waals surface area (Å²) in [7, 11) is 0. The second kappa shape index (κ2) is 7.45. The first-order valence-electron chi connectivity index (χ1n) is 5.81. The van der Waals surface area contributed by atoms with Gasteiger partial charge in [-0.15, -0.1) is 0 Å². The molecule has 0 heterocycles. The Kier molecular flexibility index (Phi) is 5.87. The summed E-state index contributed by atoms with van der Waals surface area (Å²) in [6.07, 6.45) is 0.277. The standard InChI is InChI=1S/C13H17NO4/c15-11(13(17)18)9-14-12(16)8-4-7-10-5-2-1-3-6-10/h1-3,5-6,11,15H,4,7-9H2,(H,14,16)(H,17,18)/t11-/m0/s1. The largest absolute Gasteiger partial charge is 0.479 e. The maximum Gasteiger partial charge on any atom is 0.334 e. The fraction of sp³-hybridized carbons (Fsp3) is 0.385. The fourth-order valence-corrected chi connectivity index (χ4v) is 1.48. The highest BCUT2D eigenvalue weighted by Gasteiger charge is 2.13. The Morgan fingerprint density at radius 2 is 1.89 bits per heavy atom. The normalized spacial score (nSPS) is 11.8. The molecule has 3 N–H and O–H groups in total. The predicted octanol–water partition coefficient (Wildman–Crippen LogP) is 0.571. The lowest BCUT2D eigenvalue weighted by molar-refractivity contribution is -0.146. The van der Waals surface area contributed by atoms with Crippen LogP contribution in [0.15, 0.2) is 30.3 Å². The molecule has 0 unspecified atom stereocenters. The third-order valence-electron chi connectivity index (χ3n) is 2.49. The van der Waals surface area contributed by atoms with E-state index in [1.54, 1.807) is 0 Å². The Bertz CT molecular complexity index is 391. The van der Waals surface area contributed by atoms with Crippen LogP contribution in [0.25, 0.3) is 0 Å². The average Bonchev–Trinajstić information content (AvgIpc) is 2.37. The van der Waals surface area contributed by atoms with Crippen molar-refractivity contribution in [2.24, 2.45) is 0 Å². The van der Waals surface area contributed by atoms with Gasteiger partial charge in [-0.05, 0) is 18.4 Å². The van der Waals surface area contributed by atoms with Crippen LogP contribution in [0.5, 0.6) is 0 Å². The third-order valence-corrected chi connectivity index (χ3v) is 2.49. The Hall–Kier alpha value is -1.88. The molecule has 0 spiro atoms. The number of hydrogen-bond donors (Lipinski definition) is 3. The molecule has 0 aliphatic rings. The second-order valence-electron chi connectivity index (χ2n) is 4.00. The van der Waals surface area contributed by atoms with Crippen LogP contribution in [-0.4, -0.2) is 34.7 Å². The zero-order chi connectivity index (χ0) is 13.4. The van der Waals surface area contributed by atoms with Crippen LogP contribution < -0.4 is 5.32 Å². The molecular weight excluding hydrogens is 234 g/mol. The molecular formula is C13H17NO4. The Balaban J connectivity index is 2.16. The van der Waals surface area contributed by atoms with Gasteiger partial charge in [-0.2, -0.15) is 0 Å². The molecule has 0 fully saturated rings. The minimum absolute atomic E-state index is 0.244. The molecule has 1 amide bonds. The van der Waals surface area contributed by atoms with Gasteiger partial charge >= 0.3 is 5.97 Å². The molecule has 0 saturated carbocycles. The molecule has 1 aromatic carbocycles. The first-order chi connectivity index (χ1) is 8.59. The lowest BCUT2D eigenvalue weighted by Gasteiger charge is -2.07. The zero-order valence-corrected chi connectivity index (χ0v) is 10.0. The van der Waals surface area contributed by atoms with E-state index in [0.717, 1.165) is 12.0 Å². The predicted molar refractivity (Wildman–Crippen MR) is 66.0 cm³/mol. The van der Waals surface area contributed by atoms with Crippen molar-refractivity contribution in [2.45, 2.75) is 25.4 Å². The molecule has 0 saturated heterocycles. The number of amides is 1. The van der Waals surface area contributed by atoms with E-state index >= 15 is 0 Å². The fourth-order valence-electron chi connectivity index (χ4n) is 1.48. The number of nitrogens with one attached hydrogen (secondary N) is 1. The molecule has 0 bridgehead atoms. The van der Waals surface area contributed by atoms with Gasteiger partial charge in [-0.25, -0.2) is 4.79 Å². The minimum Gasteiger partial charge on any atom is -0.479 e. The van der Waals surface area contributed by atoms with E-state index in [1.807, 2.05) is 30.3 Å². The second-order valence-corrected chi connectivity index (χ2v) is 4.00. The smallest absolute Gasteiger partial charge is 0.334 e. The number of carbonyl (C=O) groups is 2. The number of aliphatic hydroxyl groups excluding tert-OH is 1. The van der Waals surface area contributed by atoms with E-state index in [4.69, 9.17) is 10.2 Å². The summed E-state index contributed by atoms with van der Waals surface area (Å²) in [4.78, 5) is 21.7. The molecule has 0 radical (unpaired) electrons. The lowest BCUT2D eigenvalue weighted by Crippen LogP contribution is -2.36. The number of aliphatic hydroxyl groups is 1. The van der Waals surface area contributed by atoms with E-state index in [-0.39, 0.29) is 12.5 Å². The van der Waals surface area contributed by atoms with Gasteiger partial charge in [0.05, 0.1) is 6.54 Å². The Labute approximate surface area is 105 Å². The number of hydrogen-bond acceptors (Lipinski definition) is 3. The van der Waals surface area contributed by atoms with Gasteiger partial charge in [-0.3, -0.25) is 4.79 Å². The third kappa shape index (κ3) is 5.45. The highest BCUT2D eigenvalue weighted by atomic mass is 16.4. The van der Waals surface area contributed by atoms with E-state index in [9.17, 15) is 9.59 Å². The molecule has 98 valence electrons. The van der Waals surface area contributed by atoms with E-state index in [2.05, 4.69) is 5.32 Å². The molecule has 1 aromatic rings. The topological polar surface area (TPSA) is 86.6 Å². The van der Waals surface area contributed by atoms with Gasteiger partial charge < -0.3 is 15.5 Å². The van der Waals surface area contributed by atoms with Crippen LogP contribution in [-0.2, 0) is 16.0 Å². The van der Waals surface area contributed by atoms with Crippen molar-refractivity contribution in [2.75, 3.05) is 6.54 Å². The number of aliphatic carboxylic acids is 1. The first-order valence-corrected chi connectivity index (χ1v) is 5.81. The molecule has 0 aliphatic carbocycles.